The first-order valence-electron chi connectivity index (χ1n) is 10.2. The fourth-order valence-corrected chi connectivity index (χ4v) is 3.75. The van der Waals surface area contributed by atoms with E-state index in [2.05, 4.69) is 20.9 Å². The number of carbonyl (C=O) groups excluding carboxylic acids is 1. The van der Waals surface area contributed by atoms with E-state index in [1.807, 2.05) is 6.92 Å². The van der Waals surface area contributed by atoms with Crippen LogP contribution < -0.4 is 16.0 Å². The smallest absolute Gasteiger partial charge is 0.223 e. The Labute approximate surface area is 156 Å². The highest BCUT2D eigenvalue weighted by molar-refractivity contribution is 5.81. The third kappa shape index (κ3) is 5.84. The molecule has 2 atom stereocenters. The Balaban J connectivity index is 1.52. The molecule has 0 aromatic carbocycles. The van der Waals surface area contributed by atoms with E-state index < -0.39 is 5.60 Å². The molecular formula is C19H34N4O3. The largest absolute Gasteiger partial charge is 0.388 e. The van der Waals surface area contributed by atoms with E-state index in [1.165, 1.54) is 0 Å². The van der Waals surface area contributed by atoms with Crippen molar-refractivity contribution in [3.63, 3.8) is 0 Å². The molecule has 3 fully saturated rings. The molecule has 7 nitrogen and oxygen atoms in total. The third-order valence-corrected chi connectivity index (χ3v) is 5.61. The number of hydrogen-bond acceptors (Lipinski definition) is 4. The molecule has 2 unspecified atom stereocenters. The molecule has 1 heterocycles. The van der Waals surface area contributed by atoms with Crippen molar-refractivity contribution in [2.24, 2.45) is 10.9 Å². The fourth-order valence-electron chi connectivity index (χ4n) is 3.75. The number of rotatable bonds is 6. The maximum atomic E-state index is 12.4. The lowest BCUT2D eigenvalue weighted by atomic mass is 9.85. The average molecular weight is 367 g/mol. The molecule has 2 saturated carbocycles. The van der Waals surface area contributed by atoms with Crippen LogP contribution in [0.15, 0.2) is 4.99 Å². The van der Waals surface area contributed by atoms with E-state index in [9.17, 15) is 9.90 Å². The molecule has 1 saturated heterocycles. The van der Waals surface area contributed by atoms with Gasteiger partial charge < -0.3 is 25.8 Å². The molecule has 26 heavy (non-hydrogen) atoms. The van der Waals surface area contributed by atoms with Crippen LogP contribution >= 0.6 is 0 Å². The fraction of sp³-hybridized carbons (Fsp3) is 0.895. The summed E-state index contributed by atoms with van der Waals surface area (Å²) in [6.45, 7) is 4.37. The van der Waals surface area contributed by atoms with Gasteiger partial charge in [0, 0.05) is 50.6 Å². The molecule has 148 valence electrons. The summed E-state index contributed by atoms with van der Waals surface area (Å²) in [5.41, 5.74) is -0.764. The quantitative estimate of drug-likeness (QED) is 0.414. The Bertz CT molecular complexity index is 501. The number of nitrogens with one attached hydrogen (secondary N) is 3. The summed E-state index contributed by atoms with van der Waals surface area (Å²) in [6, 6.07) is 0.677. The van der Waals surface area contributed by atoms with E-state index in [0.29, 0.717) is 38.6 Å². The minimum Gasteiger partial charge on any atom is -0.388 e. The molecule has 4 N–H and O–H groups in total. The molecule has 1 amide bonds. The Hall–Kier alpha value is -1.34. The van der Waals surface area contributed by atoms with E-state index in [4.69, 9.17) is 4.74 Å². The first kappa shape index (κ1) is 19.4. The molecular weight excluding hydrogens is 332 g/mol. The maximum absolute atomic E-state index is 12.4. The van der Waals surface area contributed by atoms with Crippen LogP contribution in [0.2, 0.25) is 0 Å². The molecule has 2 aliphatic carbocycles. The summed E-state index contributed by atoms with van der Waals surface area (Å²) in [7, 11) is 0. The van der Waals surface area contributed by atoms with E-state index in [-0.39, 0.29) is 17.9 Å². The van der Waals surface area contributed by atoms with E-state index in [0.717, 1.165) is 51.0 Å². The van der Waals surface area contributed by atoms with E-state index >= 15 is 0 Å². The van der Waals surface area contributed by atoms with Gasteiger partial charge in [0.15, 0.2) is 5.96 Å². The van der Waals surface area contributed by atoms with Gasteiger partial charge in [-0.25, -0.2) is 0 Å². The Morgan fingerprint density at radius 1 is 1.15 bits per heavy atom. The minimum atomic E-state index is -0.764. The molecule has 3 rings (SSSR count). The highest BCUT2D eigenvalue weighted by atomic mass is 16.5. The van der Waals surface area contributed by atoms with Crippen molar-refractivity contribution in [1.82, 2.24) is 16.0 Å². The predicted octanol–water partition coefficient (Wildman–Crippen LogP) is 0.920. The van der Waals surface area contributed by atoms with Gasteiger partial charge in [-0.2, -0.15) is 0 Å². The van der Waals surface area contributed by atoms with Crippen LogP contribution in [0.3, 0.4) is 0 Å². The number of guanidine groups is 1. The van der Waals surface area contributed by atoms with Crippen molar-refractivity contribution in [1.29, 1.82) is 0 Å². The van der Waals surface area contributed by atoms with Crippen molar-refractivity contribution in [2.45, 2.75) is 76.0 Å². The number of amides is 1. The van der Waals surface area contributed by atoms with Gasteiger partial charge in [0.1, 0.15) is 0 Å². The van der Waals surface area contributed by atoms with Gasteiger partial charge in [-0.3, -0.25) is 9.79 Å². The maximum Gasteiger partial charge on any atom is 0.223 e. The highest BCUT2D eigenvalue weighted by Crippen LogP contribution is 2.27. The van der Waals surface area contributed by atoms with Gasteiger partial charge in [-0.05, 0) is 39.0 Å². The van der Waals surface area contributed by atoms with Gasteiger partial charge in [-0.15, -0.1) is 0 Å². The summed E-state index contributed by atoms with van der Waals surface area (Å²) in [5.74, 6) is 1.06. The molecule has 1 aliphatic heterocycles. The number of carbonyl (C=O) groups is 1. The highest BCUT2D eigenvalue weighted by Gasteiger charge is 2.32. The molecule has 0 radical (unpaired) electrons. The first-order valence-corrected chi connectivity index (χ1v) is 10.2. The normalized spacial score (nSPS) is 29.1. The first-order chi connectivity index (χ1) is 12.6. The third-order valence-electron chi connectivity index (χ3n) is 5.61. The van der Waals surface area contributed by atoms with Crippen LogP contribution in [0.4, 0.5) is 0 Å². The minimum absolute atomic E-state index is 0.101. The number of aliphatic hydroxyl groups is 1. The molecule has 0 aromatic rings. The van der Waals surface area contributed by atoms with Crippen molar-refractivity contribution < 1.29 is 14.6 Å². The Kier molecular flexibility index (Phi) is 6.75. The summed E-state index contributed by atoms with van der Waals surface area (Å²) in [6.07, 6.45) is 7.45. The second-order valence-electron chi connectivity index (χ2n) is 8.02. The van der Waals surface area contributed by atoms with Crippen LogP contribution in [0.1, 0.15) is 58.3 Å². The van der Waals surface area contributed by atoms with Crippen molar-refractivity contribution >= 4 is 11.9 Å². The van der Waals surface area contributed by atoms with Crippen molar-refractivity contribution in [2.75, 3.05) is 26.3 Å². The van der Waals surface area contributed by atoms with Crippen LogP contribution in [-0.4, -0.2) is 61.0 Å². The zero-order chi connectivity index (χ0) is 18.4. The zero-order valence-corrected chi connectivity index (χ0v) is 15.9. The molecule has 0 bridgehead atoms. The van der Waals surface area contributed by atoms with Crippen LogP contribution in [0.25, 0.3) is 0 Å². The summed E-state index contributed by atoms with van der Waals surface area (Å²) >= 11 is 0. The molecule has 0 spiro atoms. The Morgan fingerprint density at radius 2 is 1.92 bits per heavy atom. The molecule has 0 aromatic heterocycles. The van der Waals surface area contributed by atoms with Crippen LogP contribution in [0.5, 0.6) is 0 Å². The topological polar surface area (TPSA) is 95.0 Å². The summed E-state index contributed by atoms with van der Waals surface area (Å²) in [4.78, 5) is 17.0. The molecule has 7 heteroatoms. The lowest BCUT2D eigenvalue weighted by Gasteiger charge is -2.32. The van der Waals surface area contributed by atoms with Crippen LogP contribution in [-0.2, 0) is 9.53 Å². The van der Waals surface area contributed by atoms with Crippen LogP contribution in [0, 0.1) is 5.92 Å². The number of aliphatic imine (C=N–C) groups is 1. The summed E-state index contributed by atoms with van der Waals surface area (Å²) in [5, 5.41) is 20.5. The SMILES string of the molecule is CCNC(=NCC1(O)CCOCC1)NC1CCCC(C(=O)NC2CC2)C1. The van der Waals surface area contributed by atoms with Gasteiger partial charge >= 0.3 is 0 Å². The lowest BCUT2D eigenvalue weighted by molar-refractivity contribution is -0.126. The van der Waals surface area contributed by atoms with Gasteiger partial charge in [0.05, 0.1) is 12.1 Å². The summed E-state index contributed by atoms with van der Waals surface area (Å²) < 4.78 is 5.33. The molecule has 3 aliphatic rings. The average Bonchev–Trinajstić information content (AvgIpc) is 3.45. The van der Waals surface area contributed by atoms with Crippen molar-refractivity contribution in [3.05, 3.63) is 0 Å². The number of nitrogens with zero attached hydrogens (tertiary/aromatic N) is 1. The monoisotopic (exact) mass is 366 g/mol. The van der Waals surface area contributed by atoms with Crippen molar-refractivity contribution in [3.8, 4) is 0 Å². The predicted molar refractivity (Wildman–Crippen MR) is 101 cm³/mol. The number of hydrogen-bond donors (Lipinski definition) is 4. The van der Waals surface area contributed by atoms with Gasteiger partial charge in [0.25, 0.3) is 0 Å². The lowest BCUT2D eigenvalue weighted by Crippen LogP contribution is -2.48. The van der Waals surface area contributed by atoms with E-state index in [1.54, 1.807) is 0 Å². The standard InChI is InChI=1S/C19H34N4O3/c1-2-20-18(21-13-19(25)8-10-26-11-9-19)23-16-5-3-4-14(12-16)17(24)22-15-6-7-15/h14-16,25H,2-13H2,1H3,(H,22,24)(H2,20,21,23). The zero-order valence-electron chi connectivity index (χ0n) is 15.9. The van der Waals surface area contributed by atoms with Gasteiger partial charge in [-0.1, -0.05) is 6.42 Å². The number of ether oxygens (including phenoxy) is 1. The van der Waals surface area contributed by atoms with Gasteiger partial charge in [0.2, 0.25) is 5.91 Å². The second kappa shape index (κ2) is 9.04. The second-order valence-corrected chi connectivity index (χ2v) is 8.02. The Morgan fingerprint density at radius 3 is 2.62 bits per heavy atom.